The number of ether oxygens (including phenoxy) is 3. The third kappa shape index (κ3) is 13.7. The number of imide groups is 1. The number of aliphatic hydroxyl groups is 1. The minimum atomic E-state index is -1.81. The molecule has 88 heavy (non-hydrogen) atoms. The molecule has 0 spiro atoms. The molecule has 3 atom stereocenters. The molecule has 0 fully saturated rings. The Hall–Kier alpha value is -10.2. The quantitative estimate of drug-likeness (QED) is 0.0207. The number of aromatic nitrogens is 2. The fraction of sp³-hybridized carbons (Fsp3) is 0.333. The number of nitrogens with one attached hydrogen (secondary N) is 6. The Morgan fingerprint density at radius 3 is 2.34 bits per heavy atom. The Kier molecular flexibility index (Phi) is 18.4. The first-order valence-electron chi connectivity index (χ1n) is 28.8. The Morgan fingerprint density at radius 1 is 0.841 bits per heavy atom. The standard InChI is InChI=1S/C63H63FN10O14/c1-3-63(85)43-25-49-58-42(31-73(49)30-38(43)33-87-61(63)83)57-45(20-18-41-35(2)44(64)26-47(71-58)56(41)57)72-60(82)46-19-17-40(27-65-46)69-62(84)88-32-37-13-15-39(16-14-37)68-51(76)28-67-59(81)48(24-36-10-6-4-7-11-36)70-52(77)34-86-55(80)29-66-50(75)12-8-5-9-23-74-53(78)21-22-54(74)79/h4,6-7,10-11,13-17,19,21-22,25-27,45,48,85H,3,5,8-9,12,18,20,23-24,28-34H2,1-2H3,(H,66,75)(H,67,81)(H,68,76)(H,69,84)(H,70,77)(H,72,82)/t45-,48-,63-/m0/s1. The number of carbonyl (C=O) groups is 10. The van der Waals surface area contributed by atoms with Crippen molar-refractivity contribution in [2.24, 2.45) is 0 Å². The summed E-state index contributed by atoms with van der Waals surface area (Å²) in [5.41, 5.74) is 6.10. The summed E-state index contributed by atoms with van der Waals surface area (Å²) < 4.78 is 31.2. The molecule has 0 unspecified atom stereocenters. The lowest BCUT2D eigenvalue weighted by atomic mass is 9.81. The van der Waals surface area contributed by atoms with Crippen molar-refractivity contribution in [1.29, 1.82) is 0 Å². The molecule has 6 heterocycles. The SMILES string of the molecule is CC[C@@]1(O)C(=O)OCC2=C1C=C1c3nc4cc(F)c(C)c5c4c(c3CN1C2)[C@@H](NC(=O)c1ccc(NC(=O)OCc2ccc(NC(=O)CNC(=O)[C@H](Cc3ccccc3)NC(=O)COC(=O)CNC(=O)CCCCCN3C(=O)C=CC3=O)cc2)cn1)CC5. The van der Waals surface area contributed by atoms with Crippen LogP contribution in [-0.2, 0) is 78.6 Å². The zero-order valence-corrected chi connectivity index (χ0v) is 48.1. The zero-order valence-electron chi connectivity index (χ0n) is 48.1. The van der Waals surface area contributed by atoms with Gasteiger partial charge in [-0.05, 0) is 103 Å². The highest BCUT2D eigenvalue weighted by molar-refractivity contribution is 6.13. The number of hydrogen-bond donors (Lipinski definition) is 7. The van der Waals surface area contributed by atoms with Crippen LogP contribution in [0.1, 0.15) is 101 Å². The van der Waals surface area contributed by atoms with Crippen LogP contribution >= 0.6 is 0 Å². The molecule has 2 aromatic heterocycles. The maximum absolute atomic E-state index is 15.4. The molecule has 0 saturated carbocycles. The molecule has 456 valence electrons. The second-order valence-electron chi connectivity index (χ2n) is 21.8. The van der Waals surface area contributed by atoms with E-state index in [2.05, 4.69) is 41.8 Å². The Labute approximate surface area is 503 Å². The monoisotopic (exact) mass is 1200 g/mol. The van der Waals surface area contributed by atoms with Crippen molar-refractivity contribution in [3.05, 3.63) is 159 Å². The molecule has 7 N–H and O–H groups in total. The number of nitrogens with zero attached hydrogens (tertiary/aromatic N) is 4. The molecular formula is C63H63FN10O14. The van der Waals surface area contributed by atoms with Gasteiger partial charge in [0.25, 0.3) is 23.6 Å². The Morgan fingerprint density at radius 2 is 1.60 bits per heavy atom. The summed E-state index contributed by atoms with van der Waals surface area (Å²) in [5.74, 6) is -5.76. The third-order valence-corrected chi connectivity index (χ3v) is 15.9. The van der Waals surface area contributed by atoms with Gasteiger partial charge in [0.15, 0.2) is 12.2 Å². The average Bonchev–Trinajstić information content (AvgIpc) is 1.50. The van der Waals surface area contributed by atoms with Crippen LogP contribution < -0.4 is 31.9 Å². The largest absolute Gasteiger partial charge is 0.459 e. The third-order valence-electron chi connectivity index (χ3n) is 15.9. The summed E-state index contributed by atoms with van der Waals surface area (Å²) >= 11 is 0. The first-order valence-corrected chi connectivity index (χ1v) is 28.8. The van der Waals surface area contributed by atoms with E-state index in [1.807, 2.05) is 0 Å². The fourth-order valence-electron chi connectivity index (χ4n) is 11.3. The van der Waals surface area contributed by atoms with Gasteiger partial charge in [-0.1, -0.05) is 55.8 Å². The lowest BCUT2D eigenvalue weighted by Gasteiger charge is -2.37. The van der Waals surface area contributed by atoms with Crippen LogP contribution in [0.15, 0.2) is 108 Å². The minimum Gasteiger partial charge on any atom is -0.459 e. The van der Waals surface area contributed by atoms with Crippen LogP contribution in [0.2, 0.25) is 0 Å². The van der Waals surface area contributed by atoms with E-state index in [0.717, 1.165) is 32.5 Å². The second kappa shape index (κ2) is 26.6. The molecule has 10 rings (SSSR count). The van der Waals surface area contributed by atoms with E-state index < -0.39 is 90.8 Å². The van der Waals surface area contributed by atoms with Gasteiger partial charge < -0.3 is 50.8 Å². The van der Waals surface area contributed by atoms with Crippen molar-refractivity contribution in [1.82, 2.24) is 41.0 Å². The first kappa shape index (κ1) is 60.9. The summed E-state index contributed by atoms with van der Waals surface area (Å²) in [6.07, 6.45) is 7.39. The van der Waals surface area contributed by atoms with Gasteiger partial charge in [0.1, 0.15) is 37.3 Å². The lowest BCUT2D eigenvalue weighted by molar-refractivity contribution is -0.163. The number of pyridine rings is 2. The molecule has 25 heteroatoms. The van der Waals surface area contributed by atoms with E-state index in [4.69, 9.17) is 19.2 Å². The highest BCUT2D eigenvalue weighted by Gasteiger charge is 2.47. The topological polar surface area (TPSA) is 323 Å². The summed E-state index contributed by atoms with van der Waals surface area (Å²) in [7, 11) is 0. The first-order chi connectivity index (χ1) is 42.3. The van der Waals surface area contributed by atoms with Crippen molar-refractivity contribution in [2.45, 2.75) is 96.1 Å². The van der Waals surface area contributed by atoms with E-state index in [9.17, 15) is 53.1 Å². The molecule has 5 aliphatic rings. The van der Waals surface area contributed by atoms with E-state index in [-0.39, 0.29) is 62.2 Å². The van der Waals surface area contributed by atoms with E-state index in [0.29, 0.717) is 90.1 Å². The number of carbonyl (C=O) groups excluding carboxylic acids is 10. The molecule has 8 amide bonds. The van der Waals surface area contributed by atoms with Gasteiger partial charge in [-0.15, -0.1) is 0 Å². The Balaban J connectivity index is 0.664. The molecule has 0 bridgehead atoms. The van der Waals surface area contributed by atoms with Gasteiger partial charge in [0.2, 0.25) is 17.7 Å². The van der Waals surface area contributed by atoms with Crippen LogP contribution in [0.3, 0.4) is 0 Å². The summed E-state index contributed by atoms with van der Waals surface area (Å²) in [6, 6.07) is 17.8. The maximum Gasteiger partial charge on any atom is 0.412 e. The maximum atomic E-state index is 15.4. The minimum absolute atomic E-state index is 0.0353. The molecule has 5 aromatic rings. The van der Waals surface area contributed by atoms with Gasteiger partial charge >= 0.3 is 18.0 Å². The second-order valence-corrected chi connectivity index (χ2v) is 21.8. The highest BCUT2D eigenvalue weighted by Crippen LogP contribution is 2.48. The van der Waals surface area contributed by atoms with Crippen LogP contribution in [0.5, 0.6) is 0 Å². The number of amides is 8. The lowest BCUT2D eigenvalue weighted by Crippen LogP contribution is -2.50. The molecule has 3 aromatic carbocycles. The number of rotatable bonds is 23. The van der Waals surface area contributed by atoms with E-state index >= 15 is 4.39 Å². The van der Waals surface area contributed by atoms with Crippen LogP contribution in [-0.4, -0.2) is 135 Å². The average molecular weight is 1200 g/mol. The van der Waals surface area contributed by atoms with Gasteiger partial charge in [-0.25, -0.2) is 23.9 Å². The number of fused-ring (bicyclic) bond motifs is 4. The van der Waals surface area contributed by atoms with E-state index in [1.165, 1.54) is 36.5 Å². The molecule has 24 nitrogen and oxygen atoms in total. The van der Waals surface area contributed by atoms with Crippen LogP contribution in [0.4, 0.5) is 20.6 Å². The van der Waals surface area contributed by atoms with Crippen LogP contribution in [0.25, 0.3) is 16.6 Å². The van der Waals surface area contributed by atoms with Crippen molar-refractivity contribution in [3.8, 4) is 0 Å². The molecule has 0 radical (unpaired) electrons. The highest BCUT2D eigenvalue weighted by atomic mass is 19.1. The van der Waals surface area contributed by atoms with Gasteiger partial charge in [0, 0.05) is 72.9 Å². The number of aryl methyl sites for hydroxylation is 1. The zero-order chi connectivity index (χ0) is 62.2. The molecular weight excluding hydrogens is 1140 g/mol. The predicted octanol–water partition coefficient (Wildman–Crippen LogP) is 4.33. The molecule has 1 aliphatic carbocycles. The Bertz CT molecular complexity index is 3740. The van der Waals surface area contributed by atoms with Crippen LogP contribution in [0, 0.1) is 12.7 Å². The smallest absolute Gasteiger partial charge is 0.412 e. The van der Waals surface area contributed by atoms with Gasteiger partial charge in [-0.2, -0.15) is 0 Å². The normalized spacial score (nSPS) is 17.4. The number of cyclic esters (lactones) is 1. The van der Waals surface area contributed by atoms with Gasteiger partial charge in [0.05, 0.1) is 41.4 Å². The number of hydrogen-bond acceptors (Lipinski definition) is 17. The summed E-state index contributed by atoms with van der Waals surface area (Å²) in [6.45, 7) is 2.65. The van der Waals surface area contributed by atoms with E-state index in [1.54, 1.807) is 74.5 Å². The predicted molar refractivity (Wildman–Crippen MR) is 313 cm³/mol. The van der Waals surface area contributed by atoms with Gasteiger partial charge in [-0.3, -0.25) is 48.6 Å². The summed E-state index contributed by atoms with van der Waals surface area (Å²) in [5, 5.41) is 28.1. The molecule has 4 aliphatic heterocycles. The summed E-state index contributed by atoms with van der Waals surface area (Å²) in [4.78, 5) is 139. The number of unbranched alkanes of at least 4 members (excludes halogenated alkanes) is 2. The van der Waals surface area contributed by atoms with Crippen molar-refractivity contribution >= 4 is 87.4 Å². The number of halogens is 1. The number of esters is 2. The number of benzene rings is 3. The number of anilines is 2. The van der Waals surface area contributed by atoms with Crippen molar-refractivity contribution in [3.63, 3.8) is 0 Å². The molecule has 0 saturated heterocycles. The van der Waals surface area contributed by atoms with Crippen molar-refractivity contribution < 1.29 is 71.7 Å². The fourth-order valence-corrected chi connectivity index (χ4v) is 11.3. The van der Waals surface area contributed by atoms with Crippen molar-refractivity contribution in [2.75, 3.05) is 50.0 Å².